The number of amides is 1. The van der Waals surface area contributed by atoms with E-state index < -0.39 is 37.1 Å². The minimum atomic E-state index is -3.78. The Morgan fingerprint density at radius 2 is 1.74 bits per heavy atom. The fourth-order valence-electron chi connectivity index (χ4n) is 3.69. The Labute approximate surface area is 184 Å². The number of esters is 1. The average Bonchev–Trinajstić information content (AvgIpc) is 3.12. The zero-order valence-corrected chi connectivity index (χ0v) is 19.8. The van der Waals surface area contributed by atoms with E-state index in [1.807, 2.05) is 42.5 Å². The highest BCUT2D eigenvalue weighted by Gasteiger charge is 2.56. The van der Waals surface area contributed by atoms with E-state index >= 15 is 0 Å². The van der Waals surface area contributed by atoms with Crippen molar-refractivity contribution in [3.8, 4) is 0 Å². The number of likely N-dealkylation sites (tertiary alicyclic amines) is 1. The first kappa shape index (κ1) is 25.1. The molecular formula is C22H32NO7P. The maximum atomic E-state index is 13.5. The number of carbonyl (C=O) groups excluding carboxylic acids is 2. The molecule has 1 heterocycles. The average molecular weight is 453 g/mol. The summed E-state index contributed by atoms with van der Waals surface area (Å²) in [5.41, 5.74) is 0.199. The highest BCUT2D eigenvalue weighted by Crippen LogP contribution is 2.60. The topological polar surface area (TPSA) is 91.4 Å². The number of allylic oxidation sites excluding steroid dienone is 1. The molecule has 1 aromatic carbocycles. The number of carbonyl (C=O) groups is 2. The van der Waals surface area contributed by atoms with Crippen LogP contribution in [-0.4, -0.2) is 55.7 Å². The molecule has 172 valence electrons. The Morgan fingerprint density at radius 3 is 2.26 bits per heavy atom. The molecule has 9 heteroatoms. The molecule has 0 N–H and O–H groups in total. The van der Waals surface area contributed by atoms with E-state index in [-0.39, 0.29) is 12.3 Å². The van der Waals surface area contributed by atoms with Crippen LogP contribution >= 0.6 is 7.60 Å². The van der Waals surface area contributed by atoms with Crippen molar-refractivity contribution >= 4 is 25.7 Å². The van der Waals surface area contributed by atoms with Gasteiger partial charge in [-0.05, 0) is 45.1 Å². The molecule has 0 saturated carbocycles. The van der Waals surface area contributed by atoms with Crippen LogP contribution < -0.4 is 0 Å². The van der Waals surface area contributed by atoms with Crippen molar-refractivity contribution in [3.63, 3.8) is 0 Å². The van der Waals surface area contributed by atoms with Crippen LogP contribution in [0.25, 0.3) is 6.08 Å². The first-order valence-corrected chi connectivity index (χ1v) is 11.7. The third-order valence-electron chi connectivity index (χ3n) is 5.03. The van der Waals surface area contributed by atoms with E-state index in [9.17, 15) is 14.2 Å². The Balaban J connectivity index is 2.42. The molecule has 2 rings (SSSR count). The number of hydrogen-bond donors (Lipinski definition) is 0. The van der Waals surface area contributed by atoms with Gasteiger partial charge in [-0.1, -0.05) is 42.5 Å². The molecule has 0 bridgehead atoms. The third-order valence-corrected chi connectivity index (χ3v) is 7.36. The van der Waals surface area contributed by atoms with E-state index in [0.29, 0.717) is 6.42 Å². The minimum absolute atomic E-state index is 0.242. The summed E-state index contributed by atoms with van der Waals surface area (Å²) in [6.45, 7) is 5.15. The van der Waals surface area contributed by atoms with Gasteiger partial charge >= 0.3 is 19.7 Å². The van der Waals surface area contributed by atoms with Crippen LogP contribution in [0, 0.1) is 5.92 Å². The lowest BCUT2D eigenvalue weighted by Crippen LogP contribution is -2.48. The van der Waals surface area contributed by atoms with Gasteiger partial charge in [-0.2, -0.15) is 0 Å². The second-order valence-corrected chi connectivity index (χ2v) is 10.6. The number of benzene rings is 1. The second-order valence-electron chi connectivity index (χ2n) is 8.29. The number of hydrogen-bond acceptors (Lipinski definition) is 7. The lowest BCUT2D eigenvalue weighted by Gasteiger charge is -2.34. The fraction of sp³-hybridized carbons (Fsp3) is 0.545. The van der Waals surface area contributed by atoms with E-state index in [0.717, 1.165) is 5.56 Å². The SMILES string of the molecule is COC(=O)[C@@H]1C[C@@H](C/C=C/c2ccccc2)[C@@H](P(=O)(OC)OC)N1C(=O)OC(C)(C)C. The summed E-state index contributed by atoms with van der Waals surface area (Å²) < 4.78 is 34.4. The first-order valence-electron chi connectivity index (χ1n) is 10.1. The van der Waals surface area contributed by atoms with Crippen LogP contribution in [0.15, 0.2) is 36.4 Å². The maximum absolute atomic E-state index is 13.5. The standard InChI is InChI=1S/C22H32NO7P/c1-22(2,3)30-21(25)23-18(20(24)27-4)15-17(19(23)31(26,28-5)29-6)14-10-13-16-11-8-7-9-12-16/h7-13,17-19H,14-15H2,1-6H3/b13-10+/t17-,18+,19-/m1/s1. The van der Waals surface area contributed by atoms with Crippen LogP contribution in [0.2, 0.25) is 0 Å². The van der Waals surface area contributed by atoms with E-state index in [4.69, 9.17) is 18.5 Å². The van der Waals surface area contributed by atoms with Gasteiger partial charge in [0.1, 0.15) is 17.4 Å². The van der Waals surface area contributed by atoms with Gasteiger partial charge in [0.05, 0.1) is 7.11 Å². The summed E-state index contributed by atoms with van der Waals surface area (Å²) in [5.74, 6) is -1.98. The molecule has 1 saturated heterocycles. The summed E-state index contributed by atoms with van der Waals surface area (Å²) in [5, 5.41) is 0. The predicted molar refractivity (Wildman–Crippen MR) is 117 cm³/mol. The van der Waals surface area contributed by atoms with Crippen LogP contribution in [0.3, 0.4) is 0 Å². The van der Waals surface area contributed by atoms with Crippen molar-refractivity contribution in [1.82, 2.24) is 4.90 Å². The van der Waals surface area contributed by atoms with Crippen LogP contribution in [-0.2, 0) is 27.9 Å². The van der Waals surface area contributed by atoms with Gasteiger partial charge in [0, 0.05) is 14.2 Å². The van der Waals surface area contributed by atoms with E-state index in [1.165, 1.54) is 26.2 Å². The smallest absolute Gasteiger partial charge is 0.411 e. The molecule has 0 aromatic heterocycles. The zero-order chi connectivity index (χ0) is 23.2. The Kier molecular flexibility index (Phi) is 8.46. The van der Waals surface area contributed by atoms with Gasteiger partial charge in [-0.25, -0.2) is 9.59 Å². The third kappa shape index (κ3) is 6.19. The Morgan fingerprint density at radius 1 is 1.13 bits per heavy atom. The van der Waals surface area contributed by atoms with Crippen LogP contribution in [0.5, 0.6) is 0 Å². The Hall–Kier alpha value is -2.15. The normalized spacial score (nSPS) is 22.0. The zero-order valence-electron chi connectivity index (χ0n) is 18.9. The summed E-state index contributed by atoms with van der Waals surface area (Å²) in [7, 11) is 0.000350. The van der Waals surface area contributed by atoms with Gasteiger partial charge < -0.3 is 18.5 Å². The van der Waals surface area contributed by atoms with Crippen molar-refractivity contribution < 1.29 is 32.7 Å². The lowest BCUT2D eigenvalue weighted by molar-refractivity contribution is -0.145. The minimum Gasteiger partial charge on any atom is -0.467 e. The van der Waals surface area contributed by atoms with Crippen LogP contribution in [0.1, 0.15) is 39.2 Å². The first-order chi connectivity index (χ1) is 14.6. The number of ether oxygens (including phenoxy) is 2. The van der Waals surface area contributed by atoms with Gasteiger partial charge in [-0.3, -0.25) is 9.46 Å². The van der Waals surface area contributed by atoms with Crippen molar-refractivity contribution in [2.45, 2.75) is 51.0 Å². The molecule has 1 aliphatic rings. The second kappa shape index (κ2) is 10.4. The number of methoxy groups -OCH3 is 1. The van der Waals surface area contributed by atoms with Crippen molar-refractivity contribution in [1.29, 1.82) is 0 Å². The molecule has 8 nitrogen and oxygen atoms in total. The van der Waals surface area contributed by atoms with Gasteiger partial charge in [0.2, 0.25) is 0 Å². The van der Waals surface area contributed by atoms with Crippen molar-refractivity contribution in [2.24, 2.45) is 5.92 Å². The summed E-state index contributed by atoms with van der Waals surface area (Å²) >= 11 is 0. The highest BCUT2D eigenvalue weighted by atomic mass is 31.2. The number of rotatable bonds is 7. The maximum Gasteiger partial charge on any atom is 0.411 e. The molecular weight excluding hydrogens is 421 g/mol. The molecule has 0 unspecified atom stereocenters. The summed E-state index contributed by atoms with van der Waals surface area (Å²) in [4.78, 5) is 26.8. The van der Waals surface area contributed by atoms with Crippen molar-refractivity contribution in [2.75, 3.05) is 21.3 Å². The molecule has 1 fully saturated rings. The quantitative estimate of drug-likeness (QED) is 0.436. The summed E-state index contributed by atoms with van der Waals surface area (Å²) in [6, 6.07) is 8.75. The van der Waals surface area contributed by atoms with Gasteiger partial charge in [0.25, 0.3) is 0 Å². The fourth-order valence-corrected chi connectivity index (χ4v) is 5.59. The molecule has 1 aromatic rings. The Bertz CT molecular complexity index is 826. The monoisotopic (exact) mass is 453 g/mol. The molecule has 1 aliphatic heterocycles. The number of nitrogens with zero attached hydrogens (tertiary/aromatic N) is 1. The molecule has 0 radical (unpaired) electrons. The summed E-state index contributed by atoms with van der Waals surface area (Å²) in [6.07, 6.45) is 3.78. The van der Waals surface area contributed by atoms with E-state index in [1.54, 1.807) is 20.8 Å². The van der Waals surface area contributed by atoms with E-state index in [2.05, 4.69) is 0 Å². The largest absolute Gasteiger partial charge is 0.467 e. The lowest BCUT2D eigenvalue weighted by atomic mass is 10.0. The predicted octanol–water partition coefficient (Wildman–Crippen LogP) is 4.70. The van der Waals surface area contributed by atoms with Gasteiger partial charge in [0.15, 0.2) is 0 Å². The van der Waals surface area contributed by atoms with Crippen molar-refractivity contribution in [3.05, 3.63) is 42.0 Å². The molecule has 0 aliphatic carbocycles. The molecule has 1 amide bonds. The van der Waals surface area contributed by atoms with Crippen LogP contribution in [0.4, 0.5) is 4.79 Å². The molecule has 0 spiro atoms. The van der Waals surface area contributed by atoms with Gasteiger partial charge in [-0.15, -0.1) is 0 Å². The highest BCUT2D eigenvalue weighted by molar-refractivity contribution is 7.54. The molecule has 31 heavy (non-hydrogen) atoms. The molecule has 3 atom stereocenters.